The SMILES string of the molecule is COc1ccc(C(=O)Oc2ccc(Nc3cc(C)nc(SC)n3)cc2)cc1OC. The van der Waals surface area contributed by atoms with Crippen LogP contribution in [0.5, 0.6) is 17.2 Å². The summed E-state index contributed by atoms with van der Waals surface area (Å²) in [6.45, 7) is 1.92. The lowest BCUT2D eigenvalue weighted by molar-refractivity contribution is 0.0734. The monoisotopic (exact) mass is 411 g/mol. The zero-order chi connectivity index (χ0) is 20.8. The minimum atomic E-state index is -0.484. The molecule has 7 nitrogen and oxygen atoms in total. The molecule has 3 aromatic rings. The van der Waals surface area contributed by atoms with Gasteiger partial charge in [0.15, 0.2) is 16.7 Å². The van der Waals surface area contributed by atoms with Gasteiger partial charge in [-0.3, -0.25) is 0 Å². The Kier molecular flexibility index (Phi) is 6.56. The van der Waals surface area contributed by atoms with Crippen molar-refractivity contribution < 1.29 is 19.0 Å². The van der Waals surface area contributed by atoms with Crippen LogP contribution in [-0.4, -0.2) is 36.4 Å². The first kappa shape index (κ1) is 20.5. The van der Waals surface area contributed by atoms with Gasteiger partial charge >= 0.3 is 5.97 Å². The molecule has 0 unspecified atom stereocenters. The van der Waals surface area contributed by atoms with Crippen LogP contribution in [0, 0.1) is 6.92 Å². The summed E-state index contributed by atoms with van der Waals surface area (Å²) in [6, 6.07) is 13.8. The molecule has 1 heterocycles. The first-order valence-electron chi connectivity index (χ1n) is 8.73. The van der Waals surface area contributed by atoms with E-state index in [1.807, 2.05) is 31.4 Å². The molecule has 0 spiro atoms. The lowest BCUT2D eigenvalue weighted by Gasteiger charge is -2.10. The van der Waals surface area contributed by atoms with E-state index >= 15 is 0 Å². The predicted molar refractivity (Wildman–Crippen MR) is 113 cm³/mol. The minimum absolute atomic E-state index is 0.367. The fraction of sp³-hybridized carbons (Fsp3) is 0.190. The van der Waals surface area contributed by atoms with Gasteiger partial charge in [-0.2, -0.15) is 0 Å². The van der Waals surface area contributed by atoms with Gasteiger partial charge in [-0.1, -0.05) is 11.8 Å². The normalized spacial score (nSPS) is 10.3. The molecule has 2 aromatic carbocycles. The molecule has 150 valence electrons. The largest absolute Gasteiger partial charge is 0.493 e. The molecule has 29 heavy (non-hydrogen) atoms. The molecule has 0 aliphatic carbocycles. The smallest absolute Gasteiger partial charge is 0.343 e. The third-order valence-electron chi connectivity index (χ3n) is 3.97. The molecular weight excluding hydrogens is 390 g/mol. The molecule has 0 amide bonds. The summed E-state index contributed by atoms with van der Waals surface area (Å²) in [5.74, 6) is 1.66. The number of aromatic nitrogens is 2. The van der Waals surface area contributed by atoms with Gasteiger partial charge in [-0.25, -0.2) is 14.8 Å². The lowest BCUT2D eigenvalue weighted by atomic mass is 10.2. The van der Waals surface area contributed by atoms with E-state index in [0.717, 1.165) is 11.4 Å². The van der Waals surface area contributed by atoms with Crippen LogP contribution in [0.25, 0.3) is 0 Å². The molecule has 3 rings (SSSR count). The Morgan fingerprint density at radius 3 is 2.34 bits per heavy atom. The van der Waals surface area contributed by atoms with Gasteiger partial charge in [0.05, 0.1) is 19.8 Å². The number of esters is 1. The molecule has 0 aliphatic rings. The minimum Gasteiger partial charge on any atom is -0.493 e. The van der Waals surface area contributed by atoms with Crippen molar-refractivity contribution >= 4 is 29.2 Å². The highest BCUT2D eigenvalue weighted by Crippen LogP contribution is 2.28. The first-order chi connectivity index (χ1) is 14.0. The average molecular weight is 411 g/mol. The van der Waals surface area contributed by atoms with E-state index in [-0.39, 0.29) is 0 Å². The Labute approximate surface area is 173 Å². The number of methoxy groups -OCH3 is 2. The molecule has 1 N–H and O–H groups in total. The Balaban J connectivity index is 1.69. The zero-order valence-corrected chi connectivity index (χ0v) is 17.4. The quantitative estimate of drug-likeness (QED) is 0.264. The van der Waals surface area contributed by atoms with E-state index in [2.05, 4.69) is 15.3 Å². The number of anilines is 2. The number of nitrogens with one attached hydrogen (secondary N) is 1. The van der Waals surface area contributed by atoms with Gasteiger partial charge in [0.2, 0.25) is 0 Å². The van der Waals surface area contributed by atoms with Gasteiger partial charge in [0, 0.05) is 17.4 Å². The third kappa shape index (κ3) is 5.17. The van der Waals surface area contributed by atoms with Crippen LogP contribution < -0.4 is 19.5 Å². The number of benzene rings is 2. The number of rotatable bonds is 7. The number of carbonyl (C=O) groups is 1. The van der Waals surface area contributed by atoms with Crippen LogP contribution in [-0.2, 0) is 0 Å². The average Bonchev–Trinajstić information content (AvgIpc) is 2.74. The van der Waals surface area contributed by atoms with Crippen LogP contribution in [0.2, 0.25) is 0 Å². The van der Waals surface area contributed by atoms with Crippen LogP contribution in [0.4, 0.5) is 11.5 Å². The van der Waals surface area contributed by atoms with Crippen molar-refractivity contribution in [2.45, 2.75) is 12.1 Å². The van der Waals surface area contributed by atoms with Crippen LogP contribution in [0.15, 0.2) is 53.7 Å². The van der Waals surface area contributed by atoms with Crippen molar-refractivity contribution in [2.24, 2.45) is 0 Å². The van der Waals surface area contributed by atoms with E-state index in [1.54, 1.807) is 30.3 Å². The van der Waals surface area contributed by atoms with Crippen molar-refractivity contribution in [1.82, 2.24) is 9.97 Å². The second kappa shape index (κ2) is 9.29. The maximum Gasteiger partial charge on any atom is 0.343 e. The van der Waals surface area contributed by atoms with Crippen molar-refractivity contribution in [3.05, 3.63) is 59.8 Å². The van der Waals surface area contributed by atoms with Crippen molar-refractivity contribution in [2.75, 3.05) is 25.8 Å². The van der Waals surface area contributed by atoms with Gasteiger partial charge in [0.25, 0.3) is 0 Å². The summed E-state index contributed by atoms with van der Waals surface area (Å²) in [7, 11) is 3.05. The Morgan fingerprint density at radius 2 is 1.69 bits per heavy atom. The maximum atomic E-state index is 12.4. The fourth-order valence-corrected chi connectivity index (χ4v) is 3.00. The second-order valence-electron chi connectivity index (χ2n) is 5.99. The molecule has 0 aliphatic heterocycles. The number of nitrogens with zero attached hydrogens (tertiary/aromatic N) is 2. The van der Waals surface area contributed by atoms with E-state index in [0.29, 0.717) is 33.8 Å². The Morgan fingerprint density at radius 1 is 0.966 bits per heavy atom. The molecule has 0 saturated heterocycles. The third-order valence-corrected chi connectivity index (χ3v) is 4.52. The summed E-state index contributed by atoms with van der Waals surface area (Å²) < 4.78 is 15.8. The van der Waals surface area contributed by atoms with Gasteiger partial charge in [-0.05, 0) is 55.6 Å². The highest BCUT2D eigenvalue weighted by Gasteiger charge is 2.13. The van der Waals surface area contributed by atoms with E-state index in [4.69, 9.17) is 14.2 Å². The number of aryl methyl sites for hydroxylation is 1. The van der Waals surface area contributed by atoms with E-state index in [1.165, 1.54) is 26.0 Å². The first-order valence-corrected chi connectivity index (χ1v) is 9.96. The summed E-state index contributed by atoms with van der Waals surface area (Å²) in [5.41, 5.74) is 2.07. The predicted octanol–water partition coefficient (Wildman–Crippen LogP) is 4.49. The molecule has 0 atom stereocenters. The lowest BCUT2D eigenvalue weighted by Crippen LogP contribution is -2.09. The van der Waals surface area contributed by atoms with Gasteiger partial charge in [0.1, 0.15) is 11.6 Å². The van der Waals surface area contributed by atoms with Crippen LogP contribution in [0.3, 0.4) is 0 Å². The maximum absolute atomic E-state index is 12.4. The zero-order valence-electron chi connectivity index (χ0n) is 16.6. The number of hydrogen-bond donors (Lipinski definition) is 1. The van der Waals surface area contributed by atoms with Gasteiger partial charge in [-0.15, -0.1) is 0 Å². The molecule has 0 radical (unpaired) electrons. The second-order valence-corrected chi connectivity index (χ2v) is 6.76. The van der Waals surface area contributed by atoms with Crippen LogP contribution >= 0.6 is 11.8 Å². The summed E-state index contributed by atoms with van der Waals surface area (Å²) in [4.78, 5) is 21.2. The topological polar surface area (TPSA) is 82.6 Å². The van der Waals surface area contributed by atoms with E-state index in [9.17, 15) is 4.79 Å². The van der Waals surface area contributed by atoms with Crippen LogP contribution in [0.1, 0.15) is 16.1 Å². The van der Waals surface area contributed by atoms with E-state index < -0.39 is 5.97 Å². The van der Waals surface area contributed by atoms with Crippen molar-refractivity contribution in [1.29, 1.82) is 0 Å². The molecule has 0 bridgehead atoms. The standard InChI is InChI=1S/C21H21N3O4S/c1-13-11-19(24-21(22-13)29-4)23-15-6-8-16(9-7-15)28-20(25)14-5-10-17(26-2)18(12-14)27-3/h5-12H,1-4H3,(H,22,23,24). The summed E-state index contributed by atoms with van der Waals surface area (Å²) >= 11 is 1.48. The fourth-order valence-electron chi connectivity index (χ4n) is 2.58. The molecule has 0 fully saturated rings. The summed E-state index contributed by atoms with van der Waals surface area (Å²) in [5, 5.41) is 3.93. The number of ether oxygens (including phenoxy) is 3. The molecular formula is C21H21N3O4S. The Bertz CT molecular complexity index is 1010. The van der Waals surface area contributed by atoms with Crippen molar-refractivity contribution in [3.63, 3.8) is 0 Å². The molecule has 0 saturated carbocycles. The molecule has 1 aromatic heterocycles. The number of hydrogen-bond acceptors (Lipinski definition) is 8. The molecule has 8 heteroatoms. The van der Waals surface area contributed by atoms with Crippen molar-refractivity contribution in [3.8, 4) is 17.2 Å². The highest BCUT2D eigenvalue weighted by atomic mass is 32.2. The number of thioether (sulfide) groups is 1. The number of carbonyl (C=O) groups excluding carboxylic acids is 1. The highest BCUT2D eigenvalue weighted by molar-refractivity contribution is 7.98. The Hall–Kier alpha value is -3.26. The van der Waals surface area contributed by atoms with Gasteiger partial charge < -0.3 is 19.5 Å². The summed E-state index contributed by atoms with van der Waals surface area (Å²) in [6.07, 6.45) is 1.93.